The van der Waals surface area contributed by atoms with Crippen molar-refractivity contribution >= 4 is 28.3 Å². The van der Waals surface area contributed by atoms with Gasteiger partial charge in [0.25, 0.3) is 5.56 Å². The Kier molecular flexibility index (Phi) is 4.60. The van der Waals surface area contributed by atoms with E-state index in [4.69, 9.17) is 0 Å². The van der Waals surface area contributed by atoms with Crippen LogP contribution in [-0.2, 0) is 16.8 Å². The molecular formula is C21H19F2N5O2. The zero-order valence-electron chi connectivity index (χ0n) is 16.6. The molecule has 3 aromatic heterocycles. The summed E-state index contributed by atoms with van der Waals surface area (Å²) in [5.41, 5.74) is 0.615. The number of benzene rings is 1. The molecule has 4 aromatic rings. The number of aromatic nitrogens is 4. The van der Waals surface area contributed by atoms with E-state index in [9.17, 15) is 18.4 Å². The number of nitrogens with zero attached hydrogens (tertiary/aromatic N) is 4. The molecule has 0 spiro atoms. The maximum Gasteiger partial charge on any atom is 0.263 e. The predicted molar refractivity (Wildman–Crippen MR) is 108 cm³/mol. The fourth-order valence-electron chi connectivity index (χ4n) is 3.14. The van der Waals surface area contributed by atoms with Crippen molar-refractivity contribution < 1.29 is 13.6 Å². The average molecular weight is 411 g/mol. The molecule has 4 rings (SSSR count). The van der Waals surface area contributed by atoms with Crippen molar-refractivity contribution in [2.75, 3.05) is 5.32 Å². The van der Waals surface area contributed by atoms with Crippen LogP contribution in [0.2, 0.25) is 0 Å². The first-order valence-corrected chi connectivity index (χ1v) is 9.28. The van der Waals surface area contributed by atoms with Gasteiger partial charge in [-0.3, -0.25) is 14.2 Å². The molecule has 0 bridgehead atoms. The number of carbonyl (C=O) groups is 1. The number of rotatable bonds is 3. The van der Waals surface area contributed by atoms with E-state index in [2.05, 4.69) is 15.4 Å². The molecule has 0 aliphatic heterocycles. The van der Waals surface area contributed by atoms with Crippen LogP contribution in [0.15, 0.2) is 47.4 Å². The molecule has 0 saturated carbocycles. The van der Waals surface area contributed by atoms with Gasteiger partial charge in [-0.05, 0) is 24.3 Å². The highest BCUT2D eigenvalue weighted by molar-refractivity contribution is 5.91. The molecule has 0 aliphatic rings. The second kappa shape index (κ2) is 7.01. The fraction of sp³-hybridized carbons (Fsp3) is 0.238. The summed E-state index contributed by atoms with van der Waals surface area (Å²) in [6, 6.07) is 7.81. The lowest BCUT2D eigenvalue weighted by molar-refractivity contribution is -0.116. The van der Waals surface area contributed by atoms with Gasteiger partial charge in [0.15, 0.2) is 5.65 Å². The van der Waals surface area contributed by atoms with Crippen LogP contribution in [-0.4, -0.2) is 25.1 Å². The number of hydrogen-bond acceptors (Lipinski definition) is 4. The van der Waals surface area contributed by atoms with Gasteiger partial charge in [0.05, 0.1) is 16.8 Å². The summed E-state index contributed by atoms with van der Waals surface area (Å²) in [7, 11) is 0. The summed E-state index contributed by atoms with van der Waals surface area (Å²) in [6.45, 7) is 5.57. The topological polar surface area (TPSA) is 81.3 Å². The van der Waals surface area contributed by atoms with Crippen molar-refractivity contribution in [3.63, 3.8) is 0 Å². The Bertz CT molecular complexity index is 1350. The van der Waals surface area contributed by atoms with E-state index in [-0.39, 0.29) is 17.6 Å². The lowest BCUT2D eigenvalue weighted by atomic mass is 9.93. The molecule has 1 N–H and O–H groups in total. The minimum atomic E-state index is -0.900. The zero-order valence-corrected chi connectivity index (χ0v) is 16.6. The molecule has 9 heteroatoms. The van der Waals surface area contributed by atoms with Gasteiger partial charge in [-0.15, -0.1) is 0 Å². The summed E-state index contributed by atoms with van der Waals surface area (Å²) in [6.07, 6.45) is 1.56. The van der Waals surface area contributed by atoms with Crippen LogP contribution >= 0.6 is 0 Å². The normalized spacial score (nSPS) is 11.9. The Hall–Kier alpha value is -3.62. The minimum Gasteiger partial charge on any atom is -0.322 e. The van der Waals surface area contributed by atoms with Crippen LogP contribution in [0.1, 0.15) is 26.5 Å². The maximum absolute atomic E-state index is 13.9. The van der Waals surface area contributed by atoms with Crippen molar-refractivity contribution in [2.45, 2.75) is 32.7 Å². The van der Waals surface area contributed by atoms with E-state index >= 15 is 0 Å². The molecule has 154 valence electrons. The van der Waals surface area contributed by atoms with Crippen molar-refractivity contribution in [2.24, 2.45) is 0 Å². The number of halogens is 2. The van der Waals surface area contributed by atoms with Crippen molar-refractivity contribution in [3.05, 3.63) is 70.3 Å². The standard InChI is InChI=1S/C21H19F2N5O2/c1-21(2,3)16-10-18-27(11-17(29)25-15-7-6-12(22)9-14(15)23)20(30)13-5-4-8-24-19(13)28(18)26-16/h4-10H,11H2,1-3H3,(H,25,29). The number of pyridine rings is 1. The Morgan fingerprint density at radius 2 is 1.93 bits per heavy atom. The monoisotopic (exact) mass is 411 g/mol. The second-order valence-corrected chi connectivity index (χ2v) is 7.99. The summed E-state index contributed by atoms with van der Waals surface area (Å²) in [5, 5.41) is 7.27. The van der Waals surface area contributed by atoms with E-state index in [0.29, 0.717) is 22.7 Å². The molecule has 0 aliphatic carbocycles. The van der Waals surface area contributed by atoms with Crippen LogP contribution in [0.5, 0.6) is 0 Å². The van der Waals surface area contributed by atoms with Gasteiger partial charge in [0.2, 0.25) is 5.91 Å². The van der Waals surface area contributed by atoms with E-state index in [1.807, 2.05) is 20.8 Å². The lowest BCUT2D eigenvalue weighted by Gasteiger charge is -2.13. The van der Waals surface area contributed by atoms with Gasteiger partial charge in [-0.2, -0.15) is 9.61 Å². The minimum absolute atomic E-state index is 0.170. The molecule has 30 heavy (non-hydrogen) atoms. The second-order valence-electron chi connectivity index (χ2n) is 7.99. The van der Waals surface area contributed by atoms with Crippen molar-refractivity contribution in [3.8, 4) is 0 Å². The van der Waals surface area contributed by atoms with Crippen molar-refractivity contribution in [1.29, 1.82) is 0 Å². The van der Waals surface area contributed by atoms with Crippen LogP contribution in [0.25, 0.3) is 16.7 Å². The summed E-state index contributed by atoms with van der Waals surface area (Å²) in [5.74, 6) is -2.28. The Balaban J connectivity index is 1.82. The SMILES string of the molecule is CC(C)(C)c1cc2n(CC(=O)Nc3ccc(F)cc3F)c(=O)c3cccnc3n2n1. The molecule has 0 atom stereocenters. The number of fused-ring (bicyclic) bond motifs is 3. The third kappa shape index (κ3) is 3.42. The summed E-state index contributed by atoms with van der Waals surface area (Å²) in [4.78, 5) is 29.9. The molecule has 3 heterocycles. The Morgan fingerprint density at radius 3 is 2.63 bits per heavy atom. The van der Waals surface area contributed by atoms with E-state index in [0.717, 1.165) is 17.8 Å². The molecule has 7 nitrogen and oxygen atoms in total. The molecule has 0 saturated heterocycles. The van der Waals surface area contributed by atoms with Gasteiger partial charge >= 0.3 is 0 Å². The van der Waals surface area contributed by atoms with Crippen LogP contribution in [0.3, 0.4) is 0 Å². The van der Waals surface area contributed by atoms with Crippen LogP contribution in [0.4, 0.5) is 14.5 Å². The summed E-state index contributed by atoms with van der Waals surface area (Å²) >= 11 is 0. The van der Waals surface area contributed by atoms with Crippen LogP contribution in [0, 0.1) is 11.6 Å². The fourth-order valence-corrected chi connectivity index (χ4v) is 3.14. The average Bonchev–Trinajstić information content (AvgIpc) is 3.13. The molecule has 1 aromatic carbocycles. The van der Waals surface area contributed by atoms with Gasteiger partial charge in [-0.25, -0.2) is 13.8 Å². The van der Waals surface area contributed by atoms with Crippen molar-refractivity contribution in [1.82, 2.24) is 19.2 Å². The number of anilines is 1. The number of carbonyl (C=O) groups excluding carboxylic acids is 1. The molecule has 0 radical (unpaired) electrons. The highest BCUT2D eigenvalue weighted by atomic mass is 19.1. The smallest absolute Gasteiger partial charge is 0.263 e. The van der Waals surface area contributed by atoms with Gasteiger partial charge in [-0.1, -0.05) is 20.8 Å². The first-order valence-electron chi connectivity index (χ1n) is 9.28. The maximum atomic E-state index is 13.9. The van der Waals surface area contributed by atoms with Crippen LogP contribution < -0.4 is 10.9 Å². The third-order valence-corrected chi connectivity index (χ3v) is 4.71. The Labute approximate surface area is 170 Å². The molecular weight excluding hydrogens is 392 g/mol. The van der Waals surface area contributed by atoms with Gasteiger partial charge in [0, 0.05) is 23.7 Å². The van der Waals surface area contributed by atoms with E-state index in [1.165, 1.54) is 9.08 Å². The number of amides is 1. The molecule has 0 fully saturated rings. The lowest BCUT2D eigenvalue weighted by Crippen LogP contribution is -2.29. The predicted octanol–water partition coefficient (Wildman–Crippen LogP) is 3.26. The summed E-state index contributed by atoms with van der Waals surface area (Å²) < 4.78 is 29.8. The highest BCUT2D eigenvalue weighted by Gasteiger charge is 2.22. The molecule has 1 amide bonds. The van der Waals surface area contributed by atoms with E-state index in [1.54, 1.807) is 24.4 Å². The number of nitrogens with one attached hydrogen (secondary N) is 1. The van der Waals surface area contributed by atoms with Gasteiger partial charge in [0.1, 0.15) is 23.8 Å². The third-order valence-electron chi connectivity index (χ3n) is 4.71. The first-order chi connectivity index (χ1) is 14.1. The van der Waals surface area contributed by atoms with Gasteiger partial charge < -0.3 is 5.32 Å². The highest BCUT2D eigenvalue weighted by Crippen LogP contribution is 2.23. The quantitative estimate of drug-likeness (QED) is 0.561. The van der Waals surface area contributed by atoms with E-state index < -0.39 is 23.1 Å². The number of hydrogen-bond donors (Lipinski definition) is 1. The largest absolute Gasteiger partial charge is 0.322 e. The first kappa shape index (κ1) is 19.7. The zero-order chi connectivity index (χ0) is 21.6. The Morgan fingerprint density at radius 1 is 1.17 bits per heavy atom. The molecule has 0 unspecified atom stereocenters.